The van der Waals surface area contributed by atoms with Crippen LogP contribution in [0.4, 0.5) is 0 Å². The molecule has 0 aromatic heterocycles. The number of hydrogen-bond acceptors (Lipinski definition) is 0. The summed E-state index contributed by atoms with van der Waals surface area (Å²) in [4.78, 5) is 0. The molecule has 0 heteroatoms. The van der Waals surface area contributed by atoms with Crippen molar-refractivity contribution in [3.63, 3.8) is 0 Å². The highest BCUT2D eigenvalue weighted by atomic mass is 14.2. The fourth-order valence-electron chi connectivity index (χ4n) is 10.4. The molecule has 286 valence electrons. The lowest BCUT2D eigenvalue weighted by molar-refractivity contribution is 1.55. The van der Waals surface area contributed by atoms with Crippen LogP contribution in [-0.2, 0) is 0 Å². The van der Waals surface area contributed by atoms with Gasteiger partial charge in [0, 0.05) is 0 Å². The van der Waals surface area contributed by atoms with Gasteiger partial charge in [0.05, 0.1) is 0 Å². The van der Waals surface area contributed by atoms with E-state index in [4.69, 9.17) is 0 Å². The van der Waals surface area contributed by atoms with Gasteiger partial charge >= 0.3 is 0 Å². The van der Waals surface area contributed by atoms with E-state index in [0.717, 1.165) is 0 Å². The SMILES string of the molecule is c1ccc(-c2ccc(-c3ccc4ccc5cccc6ccc3c4c56)cc2-c2ccc(-c3cc(-c4ccc5ccc6cccc7ccc4c5c67)ccc3-c3ccccc3)cc2)cc1. The predicted octanol–water partition coefficient (Wildman–Crippen LogP) is 17.5. The van der Waals surface area contributed by atoms with Crippen molar-refractivity contribution in [3.05, 3.63) is 231 Å². The molecule has 0 heterocycles. The summed E-state index contributed by atoms with van der Waals surface area (Å²) in [5.74, 6) is 0. The van der Waals surface area contributed by atoms with Crippen molar-refractivity contribution in [1.29, 1.82) is 0 Å². The van der Waals surface area contributed by atoms with Gasteiger partial charge in [-0.05, 0) is 144 Å². The van der Waals surface area contributed by atoms with E-state index in [1.54, 1.807) is 0 Å². The molecule has 0 atom stereocenters. The largest absolute Gasteiger partial charge is 0.0622 e. The van der Waals surface area contributed by atoms with E-state index in [2.05, 4.69) is 231 Å². The summed E-state index contributed by atoms with van der Waals surface area (Å²) in [6, 6.07) is 85.7. The van der Waals surface area contributed by atoms with Crippen LogP contribution < -0.4 is 0 Å². The highest BCUT2D eigenvalue weighted by Crippen LogP contribution is 2.45. The predicted molar refractivity (Wildman–Crippen MR) is 266 cm³/mol. The Morgan fingerprint density at radius 1 is 0.161 bits per heavy atom. The maximum absolute atomic E-state index is 2.41. The first-order chi connectivity index (χ1) is 30.7. The number of benzene rings is 13. The molecule has 0 aliphatic carbocycles. The van der Waals surface area contributed by atoms with Crippen LogP contribution in [0.3, 0.4) is 0 Å². The average molecular weight is 783 g/mol. The van der Waals surface area contributed by atoms with Crippen molar-refractivity contribution in [2.45, 2.75) is 0 Å². The minimum Gasteiger partial charge on any atom is -0.0622 e. The van der Waals surface area contributed by atoms with E-state index < -0.39 is 0 Å². The first kappa shape index (κ1) is 34.8. The number of hydrogen-bond donors (Lipinski definition) is 0. The van der Waals surface area contributed by atoms with Crippen LogP contribution in [0.1, 0.15) is 0 Å². The van der Waals surface area contributed by atoms with Crippen LogP contribution in [0.2, 0.25) is 0 Å². The van der Waals surface area contributed by atoms with E-state index in [1.165, 1.54) is 131 Å². The van der Waals surface area contributed by atoms with Crippen LogP contribution in [-0.4, -0.2) is 0 Å². The Morgan fingerprint density at radius 3 is 0.871 bits per heavy atom. The molecule has 62 heavy (non-hydrogen) atoms. The molecule has 0 fully saturated rings. The van der Waals surface area contributed by atoms with Gasteiger partial charge in [-0.25, -0.2) is 0 Å². The monoisotopic (exact) mass is 782 g/mol. The highest BCUT2D eigenvalue weighted by molar-refractivity contribution is 6.27. The van der Waals surface area contributed by atoms with Crippen molar-refractivity contribution in [2.75, 3.05) is 0 Å². The fraction of sp³-hybridized carbons (Fsp3) is 0. The standard InChI is InChI=1S/C62H38/c1-3-9-39(10-4-1)51-33-29-49(53-31-25-47-23-21-43-13-7-15-45-27-35-55(53)61(47)59(43)45)37-57(51)41-17-19-42(20-18-41)58-38-50(30-34-52(58)40-11-5-2-6-12-40)54-32-26-48-24-22-44-14-8-16-46-28-36-56(54)62(48)60(44)46/h1-38H. The normalized spacial score (nSPS) is 11.9. The first-order valence-electron chi connectivity index (χ1n) is 21.6. The number of rotatable bonds is 6. The summed E-state index contributed by atoms with van der Waals surface area (Å²) >= 11 is 0. The first-order valence-corrected chi connectivity index (χ1v) is 21.6. The van der Waals surface area contributed by atoms with Gasteiger partial charge in [0.1, 0.15) is 0 Å². The van der Waals surface area contributed by atoms with Crippen LogP contribution in [0.15, 0.2) is 231 Å². The second kappa shape index (κ2) is 13.7. The van der Waals surface area contributed by atoms with Crippen LogP contribution in [0, 0.1) is 0 Å². The Balaban J connectivity index is 0.968. The molecule has 13 aromatic rings. The Hall–Kier alpha value is -8.06. The van der Waals surface area contributed by atoms with Crippen molar-refractivity contribution >= 4 is 64.6 Å². The van der Waals surface area contributed by atoms with Gasteiger partial charge in [-0.2, -0.15) is 0 Å². The molecule has 0 aliphatic rings. The zero-order valence-corrected chi connectivity index (χ0v) is 33.9. The third-order valence-corrected chi connectivity index (χ3v) is 13.4. The van der Waals surface area contributed by atoms with Crippen molar-refractivity contribution in [3.8, 4) is 66.8 Å². The van der Waals surface area contributed by atoms with E-state index in [-0.39, 0.29) is 0 Å². The quantitative estimate of drug-likeness (QED) is 0.147. The zero-order chi connectivity index (χ0) is 40.7. The van der Waals surface area contributed by atoms with Gasteiger partial charge in [-0.15, -0.1) is 0 Å². The van der Waals surface area contributed by atoms with Gasteiger partial charge in [-0.3, -0.25) is 0 Å². The Morgan fingerprint density at radius 2 is 0.468 bits per heavy atom. The lowest BCUT2D eigenvalue weighted by Crippen LogP contribution is -1.91. The molecule has 0 saturated heterocycles. The molecule has 0 amide bonds. The lowest BCUT2D eigenvalue weighted by Gasteiger charge is -2.18. The van der Waals surface area contributed by atoms with Gasteiger partial charge in [0.15, 0.2) is 0 Å². The Labute approximate surface area is 360 Å². The molecule has 0 N–H and O–H groups in total. The molecule has 13 rings (SSSR count). The molecular formula is C62H38. The van der Waals surface area contributed by atoms with E-state index in [1.807, 2.05) is 0 Å². The third kappa shape index (κ3) is 5.40. The van der Waals surface area contributed by atoms with E-state index in [9.17, 15) is 0 Å². The second-order valence-corrected chi connectivity index (χ2v) is 16.8. The molecule has 0 bridgehead atoms. The minimum absolute atomic E-state index is 1.19. The molecule has 0 radical (unpaired) electrons. The zero-order valence-electron chi connectivity index (χ0n) is 33.9. The van der Waals surface area contributed by atoms with Crippen molar-refractivity contribution in [1.82, 2.24) is 0 Å². The molecule has 0 unspecified atom stereocenters. The summed E-state index contributed by atoms with van der Waals surface area (Å²) in [6.07, 6.45) is 0. The minimum atomic E-state index is 1.19. The average Bonchev–Trinajstić information content (AvgIpc) is 3.35. The van der Waals surface area contributed by atoms with Gasteiger partial charge in [0.2, 0.25) is 0 Å². The van der Waals surface area contributed by atoms with Crippen LogP contribution in [0.5, 0.6) is 0 Å². The lowest BCUT2D eigenvalue weighted by atomic mass is 9.86. The highest BCUT2D eigenvalue weighted by Gasteiger charge is 2.18. The topological polar surface area (TPSA) is 0 Å². The summed E-state index contributed by atoms with van der Waals surface area (Å²) in [6.45, 7) is 0. The van der Waals surface area contributed by atoms with Crippen LogP contribution >= 0.6 is 0 Å². The van der Waals surface area contributed by atoms with Gasteiger partial charge in [-0.1, -0.05) is 218 Å². The molecule has 0 aliphatic heterocycles. The molecule has 0 nitrogen and oxygen atoms in total. The van der Waals surface area contributed by atoms with Crippen LogP contribution in [0.25, 0.3) is 131 Å². The molecular weight excluding hydrogens is 745 g/mol. The fourth-order valence-corrected chi connectivity index (χ4v) is 10.4. The van der Waals surface area contributed by atoms with Gasteiger partial charge in [0.25, 0.3) is 0 Å². The molecule has 0 saturated carbocycles. The maximum atomic E-state index is 2.41. The van der Waals surface area contributed by atoms with Crippen molar-refractivity contribution in [2.24, 2.45) is 0 Å². The van der Waals surface area contributed by atoms with Crippen molar-refractivity contribution < 1.29 is 0 Å². The van der Waals surface area contributed by atoms with E-state index in [0.29, 0.717) is 0 Å². The maximum Gasteiger partial charge on any atom is -0.00206 e. The van der Waals surface area contributed by atoms with E-state index >= 15 is 0 Å². The summed E-state index contributed by atoms with van der Waals surface area (Å²) < 4.78 is 0. The summed E-state index contributed by atoms with van der Waals surface area (Å²) in [5, 5.41) is 15.7. The second-order valence-electron chi connectivity index (χ2n) is 16.8. The Bertz CT molecular complexity index is 3530. The van der Waals surface area contributed by atoms with Gasteiger partial charge < -0.3 is 0 Å². The molecule has 13 aromatic carbocycles. The smallest absolute Gasteiger partial charge is 0.00206 e. The summed E-state index contributed by atoms with van der Waals surface area (Å²) in [5.41, 5.74) is 14.6. The summed E-state index contributed by atoms with van der Waals surface area (Å²) in [7, 11) is 0. The Kier molecular flexibility index (Phi) is 7.71. The molecule has 0 spiro atoms. The third-order valence-electron chi connectivity index (χ3n) is 13.4.